The molecule has 0 aliphatic carbocycles. The Balaban J connectivity index is 1.22. The Morgan fingerprint density at radius 1 is 0.662 bits per heavy atom. The number of piperazine rings is 2. The van der Waals surface area contributed by atoms with Gasteiger partial charge in [0.1, 0.15) is 4.93 Å². The zero-order valence-electron chi connectivity index (χ0n) is 47.1. The number of methoxy groups -OCH3 is 2. The van der Waals surface area contributed by atoms with Gasteiger partial charge < -0.3 is 65.4 Å². The average Bonchev–Trinajstić information content (AvgIpc) is 3.41. The fourth-order valence-corrected chi connectivity index (χ4v) is 9.00. The second-order valence-corrected chi connectivity index (χ2v) is 22.3. The van der Waals surface area contributed by atoms with Crippen LogP contribution in [0.1, 0.15) is 117 Å². The van der Waals surface area contributed by atoms with Crippen molar-refractivity contribution in [2.45, 2.75) is 136 Å². The normalized spacial score (nSPS) is 17.0. The van der Waals surface area contributed by atoms with Crippen LogP contribution < -0.4 is 41.0 Å². The van der Waals surface area contributed by atoms with Crippen molar-refractivity contribution < 1.29 is 52.5 Å². The van der Waals surface area contributed by atoms with Gasteiger partial charge in [-0.2, -0.15) is 0 Å². The van der Waals surface area contributed by atoms with Gasteiger partial charge in [0.15, 0.2) is 23.0 Å². The molecule has 3 unspecified atom stereocenters. The summed E-state index contributed by atoms with van der Waals surface area (Å²) < 4.78 is 28.8. The molecule has 428 valence electrons. The van der Waals surface area contributed by atoms with Gasteiger partial charge in [0, 0.05) is 78.3 Å². The largest absolute Gasteiger partial charge is 0.493 e. The maximum Gasteiger partial charge on any atom is 0.415 e. The number of carbonyl (C=O) groups is 6. The predicted molar refractivity (Wildman–Crippen MR) is 301 cm³/mol. The molecule has 2 fully saturated rings. The molecule has 0 saturated carbocycles. The highest BCUT2D eigenvalue weighted by molar-refractivity contribution is 7.81. The van der Waals surface area contributed by atoms with Gasteiger partial charge >= 0.3 is 12.2 Å². The van der Waals surface area contributed by atoms with E-state index >= 15 is 0 Å². The van der Waals surface area contributed by atoms with Gasteiger partial charge in [-0.1, -0.05) is 64.1 Å². The van der Waals surface area contributed by atoms with Crippen LogP contribution in [0.25, 0.3) is 0 Å². The van der Waals surface area contributed by atoms with Crippen LogP contribution in [-0.4, -0.2) is 146 Å². The van der Waals surface area contributed by atoms with E-state index < -0.39 is 34.6 Å². The van der Waals surface area contributed by atoms with E-state index in [1.807, 2.05) is 0 Å². The summed E-state index contributed by atoms with van der Waals surface area (Å²) >= 11 is 4.71. The lowest BCUT2D eigenvalue weighted by Crippen LogP contribution is -2.61. The average molecular weight is 1090 g/mol. The minimum atomic E-state index is -1.26. The van der Waals surface area contributed by atoms with Crippen molar-refractivity contribution in [3.05, 3.63) is 71.8 Å². The number of thiol groups is 1. The molecule has 2 aliphatic rings. The zero-order chi connectivity index (χ0) is 56.7. The maximum atomic E-state index is 14.0. The Hall–Kier alpha value is -5.83. The van der Waals surface area contributed by atoms with Crippen LogP contribution >= 0.6 is 12.6 Å². The molecular weight excluding hydrogens is 1000 g/mol. The molecule has 20 heteroatoms. The van der Waals surface area contributed by atoms with E-state index in [0.29, 0.717) is 49.3 Å². The molecule has 2 saturated heterocycles. The molecule has 2 aromatic carbocycles. The first kappa shape index (κ1) is 63.7. The Labute approximate surface area is 462 Å². The topological polar surface area (TPSA) is 238 Å². The Bertz CT molecular complexity index is 2330. The summed E-state index contributed by atoms with van der Waals surface area (Å²) in [6.45, 7) is 15.4. The van der Waals surface area contributed by atoms with Crippen molar-refractivity contribution in [2.24, 2.45) is 28.7 Å². The minimum Gasteiger partial charge on any atom is -0.493 e. The summed E-state index contributed by atoms with van der Waals surface area (Å²) in [7, 11) is 2.94. The Morgan fingerprint density at radius 2 is 1.10 bits per heavy atom. The maximum absolute atomic E-state index is 14.0. The number of nitrogens with two attached hydrogens (primary N) is 2. The monoisotopic (exact) mass is 1090 g/mol. The molecule has 19 nitrogen and oxygen atoms in total. The summed E-state index contributed by atoms with van der Waals surface area (Å²) in [5.74, 6) is 1.52. The molecule has 3 atom stereocenters. The molecule has 0 spiro atoms. The van der Waals surface area contributed by atoms with Gasteiger partial charge in [-0.05, 0) is 107 Å². The third-order valence-electron chi connectivity index (χ3n) is 13.3. The highest BCUT2D eigenvalue weighted by Gasteiger charge is 2.41. The predicted octanol–water partition coefficient (Wildman–Crippen LogP) is 7.20. The van der Waals surface area contributed by atoms with Crippen molar-refractivity contribution >= 4 is 48.4 Å². The van der Waals surface area contributed by atoms with Crippen molar-refractivity contribution in [1.29, 1.82) is 0 Å². The van der Waals surface area contributed by atoms with E-state index in [1.165, 1.54) is 24.0 Å². The van der Waals surface area contributed by atoms with E-state index in [2.05, 4.69) is 62.6 Å². The van der Waals surface area contributed by atoms with E-state index in [-0.39, 0.29) is 101 Å². The summed E-state index contributed by atoms with van der Waals surface area (Å²) in [5.41, 5.74) is 12.8. The molecule has 2 heterocycles. The second-order valence-electron chi connectivity index (χ2n) is 21.4. The summed E-state index contributed by atoms with van der Waals surface area (Å²) in [4.78, 5) is 84.8. The molecule has 2 aliphatic heterocycles. The number of nitrogens with zero attached hydrogens (tertiary/aromatic N) is 4. The molecule has 77 heavy (non-hydrogen) atoms. The fraction of sp³-hybridized carbons (Fsp3) is 0.614. The van der Waals surface area contributed by atoms with Crippen LogP contribution in [0.5, 0.6) is 23.0 Å². The van der Waals surface area contributed by atoms with Gasteiger partial charge in [0.25, 0.3) is 0 Å². The van der Waals surface area contributed by atoms with Crippen LogP contribution in [0.3, 0.4) is 0 Å². The van der Waals surface area contributed by atoms with Crippen molar-refractivity contribution in [2.75, 3.05) is 73.2 Å². The third kappa shape index (κ3) is 21.1. The molecule has 0 bridgehead atoms. The zero-order valence-corrected chi connectivity index (χ0v) is 48.0. The number of benzene rings is 2. The molecule has 6 amide bonds. The standard InChI is InChI=1S/C57H88N8O11S/c1-40(2)18-14-10-12-16-20-50(66)60-35-42-22-24-46(48(30-42)72-8)75-54(70)64-28-26-62(37-44(64)33-58)52(68)32-57(7,77)74-39-56(5,6)53(69)63-27-29-65(45(34-59)38-63)55(71)76-47-25-23-43(31-49(47)73-9)36-61-51(67)21-17-13-11-15-19-41(3)4/h14-15,18-19,22-25,30-31,40-41,44-45,77H,10-13,16-17,20-21,26-29,32-39,58-59H2,1-9H3,(H,60,66)(H,61,67)/b18-14+,19-15+. The second kappa shape index (κ2) is 31.5. The summed E-state index contributed by atoms with van der Waals surface area (Å²) in [6, 6.07) is 9.11. The molecule has 2 aromatic rings. The number of hydrogen-bond acceptors (Lipinski definition) is 14. The van der Waals surface area contributed by atoms with E-state index in [1.54, 1.807) is 67.0 Å². The third-order valence-corrected chi connectivity index (χ3v) is 13.6. The first-order valence-electron chi connectivity index (χ1n) is 27.1. The number of allylic oxidation sites excluding steroid dienone is 4. The lowest BCUT2D eigenvalue weighted by Gasteiger charge is -2.43. The van der Waals surface area contributed by atoms with Crippen molar-refractivity contribution in [3.8, 4) is 23.0 Å². The van der Waals surface area contributed by atoms with Crippen molar-refractivity contribution in [3.63, 3.8) is 0 Å². The van der Waals surface area contributed by atoms with Gasteiger partial charge in [-0.15, -0.1) is 12.6 Å². The lowest BCUT2D eigenvalue weighted by atomic mass is 9.91. The number of carbonyl (C=O) groups excluding carboxylic acids is 6. The number of ether oxygens (including phenoxy) is 5. The van der Waals surface area contributed by atoms with E-state index in [0.717, 1.165) is 49.7 Å². The van der Waals surface area contributed by atoms with Gasteiger partial charge in [-0.25, -0.2) is 9.59 Å². The number of nitrogens with one attached hydrogen (secondary N) is 2. The molecule has 6 N–H and O–H groups in total. The first-order valence-corrected chi connectivity index (χ1v) is 27.6. The van der Waals surface area contributed by atoms with E-state index in [4.69, 9.17) is 47.8 Å². The van der Waals surface area contributed by atoms with Crippen LogP contribution in [0, 0.1) is 17.3 Å². The van der Waals surface area contributed by atoms with Gasteiger partial charge in [0.05, 0.1) is 44.7 Å². The fourth-order valence-electron chi connectivity index (χ4n) is 8.80. The Kier molecular flexibility index (Phi) is 26.1. The minimum absolute atomic E-state index is 0.0389. The number of hydrogen-bond donors (Lipinski definition) is 5. The number of unbranched alkanes of at least 4 members (excludes halogenated alkanes) is 4. The van der Waals surface area contributed by atoms with Crippen LogP contribution in [0.15, 0.2) is 60.7 Å². The summed E-state index contributed by atoms with van der Waals surface area (Å²) in [5, 5.41) is 5.88. The molecular formula is C57H88N8O11S. The van der Waals surface area contributed by atoms with Crippen LogP contribution in [0.4, 0.5) is 9.59 Å². The van der Waals surface area contributed by atoms with E-state index in [9.17, 15) is 28.8 Å². The first-order chi connectivity index (χ1) is 36.6. The highest BCUT2D eigenvalue weighted by Crippen LogP contribution is 2.33. The number of rotatable bonds is 28. The number of amides is 6. The molecule has 0 radical (unpaired) electrons. The Morgan fingerprint density at radius 3 is 1.53 bits per heavy atom. The smallest absolute Gasteiger partial charge is 0.415 e. The quantitative estimate of drug-likeness (QED) is 0.0246. The van der Waals surface area contributed by atoms with Crippen LogP contribution in [0.2, 0.25) is 0 Å². The van der Waals surface area contributed by atoms with Gasteiger partial charge in [-0.3, -0.25) is 19.2 Å². The lowest BCUT2D eigenvalue weighted by molar-refractivity contribution is -0.149. The SMILES string of the molecule is COc1cc(CNC(=O)CCCC/C=C/C(C)C)ccc1OC(=O)N1CCN(C(=O)CC(C)(S)OCC(C)(C)C(=O)N2CCN(C(=O)Oc3ccc(CNC(=O)CCCC/C=C/C(C)C)cc3OC)C(CN)C2)CC1CN. The van der Waals surface area contributed by atoms with Crippen LogP contribution in [-0.2, 0) is 37.0 Å². The molecule has 0 aromatic heterocycles. The highest BCUT2D eigenvalue weighted by atomic mass is 32.1. The van der Waals surface area contributed by atoms with Gasteiger partial charge in [0.2, 0.25) is 23.6 Å². The van der Waals surface area contributed by atoms with Crippen molar-refractivity contribution in [1.82, 2.24) is 30.2 Å². The molecule has 4 rings (SSSR count). The summed E-state index contributed by atoms with van der Waals surface area (Å²) in [6.07, 6.45) is 13.5.